The Balaban J connectivity index is 1.55. The van der Waals surface area contributed by atoms with Gasteiger partial charge in [0, 0.05) is 18.9 Å². The summed E-state index contributed by atoms with van der Waals surface area (Å²) in [4.78, 5) is 4.08. The molecule has 23 heavy (non-hydrogen) atoms. The van der Waals surface area contributed by atoms with Crippen LogP contribution in [0, 0.1) is 6.92 Å². The molecule has 0 unspecified atom stereocenters. The fraction of sp³-hybridized carbons (Fsp3) is 0.190. The summed E-state index contributed by atoms with van der Waals surface area (Å²) >= 11 is 0. The molecular formula is C21H22N2. The maximum absolute atomic E-state index is 4.08. The van der Waals surface area contributed by atoms with E-state index in [0.717, 1.165) is 19.5 Å². The normalized spacial score (nSPS) is 10.7. The second-order valence-electron chi connectivity index (χ2n) is 5.85. The lowest BCUT2D eigenvalue weighted by Gasteiger charge is -2.08. The van der Waals surface area contributed by atoms with E-state index in [1.54, 1.807) is 0 Å². The number of aromatic nitrogens is 1. The lowest BCUT2D eigenvalue weighted by Crippen LogP contribution is -2.16. The second kappa shape index (κ2) is 7.70. The molecule has 116 valence electrons. The van der Waals surface area contributed by atoms with Crippen LogP contribution in [-0.4, -0.2) is 11.5 Å². The van der Waals surface area contributed by atoms with Gasteiger partial charge in [0.25, 0.3) is 0 Å². The number of hydrogen-bond donors (Lipinski definition) is 1. The van der Waals surface area contributed by atoms with Crippen molar-refractivity contribution in [2.75, 3.05) is 6.54 Å². The van der Waals surface area contributed by atoms with Gasteiger partial charge in [-0.05, 0) is 60.3 Å². The highest BCUT2D eigenvalue weighted by Gasteiger charge is 1.99. The van der Waals surface area contributed by atoms with Gasteiger partial charge in [0.1, 0.15) is 0 Å². The maximum Gasteiger partial charge on any atom is 0.0273 e. The van der Waals surface area contributed by atoms with Gasteiger partial charge in [-0.15, -0.1) is 0 Å². The molecule has 1 N–H and O–H groups in total. The first-order valence-electron chi connectivity index (χ1n) is 8.07. The SMILES string of the molecule is Cc1cccc(CCNCc2cccc(-c3ccncc3)c2)c1. The molecule has 2 aromatic carbocycles. The van der Waals surface area contributed by atoms with Crippen molar-refractivity contribution in [2.24, 2.45) is 0 Å². The average Bonchev–Trinajstić information content (AvgIpc) is 2.60. The van der Waals surface area contributed by atoms with Crippen LogP contribution in [0.5, 0.6) is 0 Å². The first-order chi connectivity index (χ1) is 11.3. The quantitative estimate of drug-likeness (QED) is 0.683. The van der Waals surface area contributed by atoms with Gasteiger partial charge in [-0.1, -0.05) is 48.0 Å². The fourth-order valence-corrected chi connectivity index (χ4v) is 2.74. The van der Waals surface area contributed by atoms with Crippen molar-refractivity contribution in [3.05, 3.63) is 89.7 Å². The highest BCUT2D eigenvalue weighted by molar-refractivity contribution is 5.63. The van der Waals surface area contributed by atoms with Gasteiger partial charge in [-0.25, -0.2) is 0 Å². The Hall–Kier alpha value is -2.45. The Labute approximate surface area is 138 Å². The zero-order valence-corrected chi connectivity index (χ0v) is 13.5. The van der Waals surface area contributed by atoms with Crippen LogP contribution in [0.4, 0.5) is 0 Å². The predicted octanol–water partition coefficient (Wildman–Crippen LogP) is 4.39. The molecule has 0 radical (unpaired) electrons. The summed E-state index contributed by atoms with van der Waals surface area (Å²) in [6.45, 7) is 4.02. The Morgan fingerprint density at radius 1 is 0.826 bits per heavy atom. The van der Waals surface area contributed by atoms with Gasteiger partial charge in [0.15, 0.2) is 0 Å². The van der Waals surface area contributed by atoms with Crippen LogP contribution in [0.25, 0.3) is 11.1 Å². The van der Waals surface area contributed by atoms with Crippen molar-refractivity contribution in [3.8, 4) is 11.1 Å². The zero-order valence-electron chi connectivity index (χ0n) is 13.5. The second-order valence-corrected chi connectivity index (χ2v) is 5.85. The number of nitrogens with one attached hydrogen (secondary N) is 1. The summed E-state index contributed by atoms with van der Waals surface area (Å²) < 4.78 is 0. The van der Waals surface area contributed by atoms with Gasteiger partial charge < -0.3 is 5.32 Å². The third-order valence-electron chi connectivity index (χ3n) is 3.94. The minimum absolute atomic E-state index is 0.894. The highest BCUT2D eigenvalue weighted by atomic mass is 14.8. The molecule has 0 atom stereocenters. The van der Waals surface area contributed by atoms with Crippen LogP contribution < -0.4 is 5.32 Å². The lowest BCUT2D eigenvalue weighted by atomic mass is 10.0. The van der Waals surface area contributed by atoms with E-state index in [2.05, 4.69) is 65.8 Å². The van der Waals surface area contributed by atoms with Crippen LogP contribution in [0.2, 0.25) is 0 Å². The van der Waals surface area contributed by atoms with E-state index in [4.69, 9.17) is 0 Å². The number of rotatable bonds is 6. The topological polar surface area (TPSA) is 24.9 Å². The van der Waals surface area contributed by atoms with Crippen LogP contribution in [0.3, 0.4) is 0 Å². The molecular weight excluding hydrogens is 280 g/mol. The largest absolute Gasteiger partial charge is 0.312 e. The number of aryl methyl sites for hydroxylation is 1. The maximum atomic E-state index is 4.08. The van der Waals surface area contributed by atoms with E-state index in [9.17, 15) is 0 Å². The smallest absolute Gasteiger partial charge is 0.0273 e. The molecule has 3 rings (SSSR count). The number of hydrogen-bond acceptors (Lipinski definition) is 2. The number of benzene rings is 2. The van der Waals surface area contributed by atoms with Gasteiger partial charge in [0.2, 0.25) is 0 Å². The molecule has 0 aliphatic heterocycles. The molecule has 0 spiro atoms. The lowest BCUT2D eigenvalue weighted by molar-refractivity contribution is 0.687. The molecule has 0 aliphatic carbocycles. The van der Waals surface area contributed by atoms with Gasteiger partial charge >= 0.3 is 0 Å². The zero-order chi connectivity index (χ0) is 15.9. The summed E-state index contributed by atoms with van der Waals surface area (Å²) in [6, 6.07) is 21.5. The summed E-state index contributed by atoms with van der Waals surface area (Å²) in [7, 11) is 0. The van der Waals surface area contributed by atoms with Gasteiger partial charge in [-0.3, -0.25) is 4.98 Å². The molecule has 0 aliphatic rings. The molecule has 1 heterocycles. The van der Waals surface area contributed by atoms with Crippen LogP contribution in [0.1, 0.15) is 16.7 Å². The third-order valence-corrected chi connectivity index (χ3v) is 3.94. The summed E-state index contributed by atoms with van der Waals surface area (Å²) in [5.41, 5.74) is 6.48. The van der Waals surface area contributed by atoms with E-state index in [1.807, 2.05) is 24.5 Å². The van der Waals surface area contributed by atoms with E-state index in [0.29, 0.717) is 0 Å². The molecule has 2 nitrogen and oxygen atoms in total. The molecule has 2 heteroatoms. The Morgan fingerprint density at radius 2 is 1.61 bits per heavy atom. The predicted molar refractivity (Wildman–Crippen MR) is 96.3 cm³/mol. The van der Waals surface area contributed by atoms with Crippen molar-refractivity contribution in [3.63, 3.8) is 0 Å². The first kappa shape index (κ1) is 15.4. The molecule has 0 saturated carbocycles. The van der Waals surface area contributed by atoms with E-state index in [-0.39, 0.29) is 0 Å². The van der Waals surface area contributed by atoms with E-state index < -0.39 is 0 Å². The molecule has 3 aromatic rings. The molecule has 1 aromatic heterocycles. The number of nitrogens with zero attached hydrogens (tertiary/aromatic N) is 1. The van der Waals surface area contributed by atoms with E-state index >= 15 is 0 Å². The monoisotopic (exact) mass is 302 g/mol. The first-order valence-corrected chi connectivity index (χ1v) is 8.07. The minimum atomic E-state index is 0.894. The molecule has 0 fully saturated rings. The Bertz CT molecular complexity index is 751. The van der Waals surface area contributed by atoms with E-state index in [1.165, 1.54) is 27.8 Å². The van der Waals surface area contributed by atoms with Crippen molar-refractivity contribution < 1.29 is 0 Å². The highest BCUT2D eigenvalue weighted by Crippen LogP contribution is 2.19. The number of pyridine rings is 1. The van der Waals surface area contributed by atoms with Crippen LogP contribution in [-0.2, 0) is 13.0 Å². The van der Waals surface area contributed by atoms with Crippen LogP contribution in [0.15, 0.2) is 73.1 Å². The van der Waals surface area contributed by atoms with Gasteiger partial charge in [-0.2, -0.15) is 0 Å². The Kier molecular flexibility index (Phi) is 5.17. The van der Waals surface area contributed by atoms with Crippen molar-refractivity contribution >= 4 is 0 Å². The third kappa shape index (κ3) is 4.51. The van der Waals surface area contributed by atoms with Crippen molar-refractivity contribution in [2.45, 2.75) is 19.9 Å². The van der Waals surface area contributed by atoms with Gasteiger partial charge in [0.05, 0.1) is 0 Å². The molecule has 0 bridgehead atoms. The minimum Gasteiger partial charge on any atom is -0.312 e. The van der Waals surface area contributed by atoms with Crippen molar-refractivity contribution in [1.29, 1.82) is 0 Å². The summed E-state index contributed by atoms with van der Waals surface area (Å²) in [6.07, 6.45) is 4.73. The molecule has 0 saturated heterocycles. The Morgan fingerprint density at radius 3 is 2.43 bits per heavy atom. The van der Waals surface area contributed by atoms with Crippen LogP contribution >= 0.6 is 0 Å². The summed E-state index contributed by atoms with van der Waals surface area (Å²) in [5, 5.41) is 3.54. The van der Waals surface area contributed by atoms with Crippen molar-refractivity contribution in [1.82, 2.24) is 10.3 Å². The average molecular weight is 302 g/mol. The molecule has 0 amide bonds. The summed E-state index contributed by atoms with van der Waals surface area (Å²) in [5.74, 6) is 0. The fourth-order valence-electron chi connectivity index (χ4n) is 2.74. The standard InChI is InChI=1S/C21H22N2/c1-17-4-2-5-18(14-17)8-11-23-16-19-6-3-7-21(15-19)20-9-12-22-13-10-20/h2-7,9-10,12-15,23H,8,11,16H2,1H3.